The van der Waals surface area contributed by atoms with Gasteiger partial charge in [-0.1, -0.05) is 15.9 Å². The Labute approximate surface area is 172 Å². The molecule has 1 saturated heterocycles. The molecule has 0 unspecified atom stereocenters. The predicted octanol–water partition coefficient (Wildman–Crippen LogP) is 4.03. The van der Waals surface area contributed by atoms with Crippen LogP contribution in [0.5, 0.6) is 0 Å². The first-order valence-electron chi connectivity index (χ1n) is 9.16. The lowest BCUT2D eigenvalue weighted by atomic mass is 10.2. The zero-order valence-corrected chi connectivity index (χ0v) is 17.1. The topological polar surface area (TPSA) is 59.4 Å². The molecule has 28 heavy (non-hydrogen) atoms. The van der Waals surface area contributed by atoms with Crippen molar-refractivity contribution in [1.82, 2.24) is 9.78 Å². The number of hydrogen-bond donors (Lipinski definition) is 1. The standard InChI is InChI=1S/C21H21BrN4O2/c1-15-20(14-23-26(15)19-6-2-16(22)3-7-19)21(27)24-17-4-8-18(9-5-17)25-10-12-28-13-11-25/h2-9,14H,10-13H2,1H3,(H,24,27). The Bertz CT molecular complexity index is 961. The number of ether oxygens (including phenoxy) is 1. The summed E-state index contributed by atoms with van der Waals surface area (Å²) in [4.78, 5) is 15.0. The smallest absolute Gasteiger partial charge is 0.259 e. The minimum atomic E-state index is -0.167. The van der Waals surface area contributed by atoms with Gasteiger partial charge in [0.1, 0.15) is 0 Å². The van der Waals surface area contributed by atoms with Crippen molar-refractivity contribution in [3.8, 4) is 5.69 Å². The molecule has 1 aromatic heterocycles. The minimum absolute atomic E-state index is 0.167. The first-order valence-corrected chi connectivity index (χ1v) is 9.96. The predicted molar refractivity (Wildman–Crippen MR) is 113 cm³/mol. The lowest BCUT2D eigenvalue weighted by Crippen LogP contribution is -2.36. The van der Waals surface area contributed by atoms with Crippen LogP contribution in [0.3, 0.4) is 0 Å². The first kappa shape index (κ1) is 18.7. The number of aromatic nitrogens is 2. The molecule has 144 valence electrons. The van der Waals surface area contributed by atoms with Crippen LogP contribution in [0, 0.1) is 6.92 Å². The van der Waals surface area contributed by atoms with Crippen molar-refractivity contribution in [2.24, 2.45) is 0 Å². The van der Waals surface area contributed by atoms with Crippen molar-refractivity contribution in [3.05, 3.63) is 70.5 Å². The summed E-state index contributed by atoms with van der Waals surface area (Å²) in [5.41, 5.74) is 4.16. The quantitative estimate of drug-likeness (QED) is 0.664. The second-order valence-electron chi connectivity index (χ2n) is 6.63. The molecule has 1 aliphatic rings. The third-order valence-electron chi connectivity index (χ3n) is 4.83. The fourth-order valence-electron chi connectivity index (χ4n) is 3.25. The summed E-state index contributed by atoms with van der Waals surface area (Å²) in [6.45, 7) is 5.17. The lowest BCUT2D eigenvalue weighted by molar-refractivity contribution is 0.102. The normalized spacial score (nSPS) is 14.1. The number of carbonyl (C=O) groups is 1. The van der Waals surface area contributed by atoms with Crippen molar-refractivity contribution >= 4 is 33.2 Å². The lowest BCUT2D eigenvalue weighted by Gasteiger charge is -2.28. The van der Waals surface area contributed by atoms with Gasteiger partial charge in [0, 0.05) is 28.9 Å². The van der Waals surface area contributed by atoms with Gasteiger partial charge in [0.05, 0.1) is 36.4 Å². The molecule has 1 amide bonds. The molecule has 6 nitrogen and oxygen atoms in total. The summed E-state index contributed by atoms with van der Waals surface area (Å²) in [5.74, 6) is -0.167. The number of nitrogens with zero attached hydrogens (tertiary/aromatic N) is 3. The van der Waals surface area contributed by atoms with E-state index in [9.17, 15) is 4.79 Å². The summed E-state index contributed by atoms with van der Waals surface area (Å²) in [5, 5.41) is 7.34. The zero-order valence-electron chi connectivity index (χ0n) is 15.6. The van der Waals surface area contributed by atoms with E-state index in [4.69, 9.17) is 4.74 Å². The van der Waals surface area contributed by atoms with Gasteiger partial charge in [-0.15, -0.1) is 0 Å². The van der Waals surface area contributed by atoms with Crippen molar-refractivity contribution < 1.29 is 9.53 Å². The Hall–Kier alpha value is -2.64. The molecule has 0 saturated carbocycles. The molecule has 1 N–H and O–H groups in total. The Morgan fingerprint density at radius 3 is 2.36 bits per heavy atom. The van der Waals surface area contributed by atoms with Gasteiger partial charge in [0.25, 0.3) is 5.91 Å². The van der Waals surface area contributed by atoms with Gasteiger partial charge < -0.3 is 15.0 Å². The summed E-state index contributed by atoms with van der Waals surface area (Å²) < 4.78 is 8.15. The molecule has 1 aliphatic heterocycles. The number of halogens is 1. The van der Waals surface area contributed by atoms with E-state index in [0.717, 1.165) is 53.5 Å². The van der Waals surface area contributed by atoms with Crippen LogP contribution in [0.4, 0.5) is 11.4 Å². The Morgan fingerprint density at radius 2 is 1.68 bits per heavy atom. The number of benzene rings is 2. The highest BCUT2D eigenvalue weighted by atomic mass is 79.9. The van der Waals surface area contributed by atoms with Crippen molar-refractivity contribution in [2.45, 2.75) is 6.92 Å². The van der Waals surface area contributed by atoms with E-state index >= 15 is 0 Å². The molecule has 0 atom stereocenters. The van der Waals surface area contributed by atoms with Gasteiger partial charge in [-0.2, -0.15) is 5.10 Å². The van der Waals surface area contributed by atoms with E-state index in [2.05, 4.69) is 31.2 Å². The van der Waals surface area contributed by atoms with Gasteiger partial charge >= 0.3 is 0 Å². The van der Waals surface area contributed by atoms with E-state index < -0.39 is 0 Å². The van der Waals surface area contributed by atoms with Crippen LogP contribution in [-0.4, -0.2) is 42.0 Å². The number of rotatable bonds is 4. The highest BCUT2D eigenvalue weighted by Gasteiger charge is 2.16. The van der Waals surface area contributed by atoms with Gasteiger partial charge in [-0.05, 0) is 55.5 Å². The molecule has 2 aromatic carbocycles. The molecule has 0 radical (unpaired) electrons. The molecule has 4 rings (SSSR count). The van der Waals surface area contributed by atoms with Crippen molar-refractivity contribution in [3.63, 3.8) is 0 Å². The number of nitrogens with one attached hydrogen (secondary N) is 1. The average Bonchev–Trinajstić information content (AvgIpc) is 3.11. The van der Waals surface area contributed by atoms with Crippen LogP contribution in [-0.2, 0) is 4.74 Å². The third-order valence-corrected chi connectivity index (χ3v) is 5.36. The van der Waals surface area contributed by atoms with Gasteiger partial charge in [-0.25, -0.2) is 4.68 Å². The molecule has 7 heteroatoms. The molecule has 2 heterocycles. The van der Waals surface area contributed by atoms with E-state index in [0.29, 0.717) is 5.56 Å². The van der Waals surface area contributed by atoms with Crippen LogP contribution >= 0.6 is 15.9 Å². The van der Waals surface area contributed by atoms with Gasteiger partial charge in [0.2, 0.25) is 0 Å². The number of hydrogen-bond acceptors (Lipinski definition) is 4. The zero-order chi connectivity index (χ0) is 19.5. The molecular weight excluding hydrogens is 420 g/mol. The van der Waals surface area contributed by atoms with E-state index in [-0.39, 0.29) is 5.91 Å². The number of amides is 1. The summed E-state index contributed by atoms with van der Waals surface area (Å²) in [6, 6.07) is 15.7. The maximum absolute atomic E-state index is 12.7. The summed E-state index contributed by atoms with van der Waals surface area (Å²) in [6.07, 6.45) is 1.61. The van der Waals surface area contributed by atoms with Gasteiger partial charge in [0.15, 0.2) is 0 Å². The Morgan fingerprint density at radius 1 is 1.04 bits per heavy atom. The molecular formula is C21H21BrN4O2. The first-order chi connectivity index (χ1) is 13.6. The maximum atomic E-state index is 12.7. The largest absolute Gasteiger partial charge is 0.378 e. The molecule has 0 aliphatic carbocycles. The Kier molecular flexibility index (Phi) is 5.45. The van der Waals surface area contributed by atoms with Crippen molar-refractivity contribution in [1.29, 1.82) is 0 Å². The van der Waals surface area contributed by atoms with E-state index in [1.165, 1.54) is 0 Å². The van der Waals surface area contributed by atoms with Crippen LogP contribution in [0.2, 0.25) is 0 Å². The van der Waals surface area contributed by atoms with Crippen LogP contribution in [0.25, 0.3) is 5.69 Å². The number of anilines is 2. The van der Waals surface area contributed by atoms with Crippen LogP contribution < -0.4 is 10.2 Å². The SMILES string of the molecule is Cc1c(C(=O)Nc2ccc(N3CCOCC3)cc2)cnn1-c1ccc(Br)cc1. The minimum Gasteiger partial charge on any atom is -0.378 e. The average molecular weight is 441 g/mol. The molecule has 0 bridgehead atoms. The molecule has 1 fully saturated rings. The molecule has 3 aromatic rings. The van der Waals surface area contributed by atoms with E-state index in [1.54, 1.807) is 10.9 Å². The number of morpholine rings is 1. The second-order valence-corrected chi connectivity index (χ2v) is 7.55. The fourth-order valence-corrected chi connectivity index (χ4v) is 3.52. The maximum Gasteiger partial charge on any atom is 0.259 e. The number of carbonyl (C=O) groups excluding carboxylic acids is 1. The second kappa shape index (κ2) is 8.16. The van der Waals surface area contributed by atoms with Crippen LogP contribution in [0.15, 0.2) is 59.2 Å². The highest BCUT2D eigenvalue weighted by Crippen LogP contribution is 2.21. The third kappa shape index (κ3) is 3.95. The Balaban J connectivity index is 1.47. The molecule has 0 spiro atoms. The highest BCUT2D eigenvalue weighted by molar-refractivity contribution is 9.10. The fraction of sp³-hybridized carbons (Fsp3) is 0.238. The van der Waals surface area contributed by atoms with Gasteiger partial charge in [-0.3, -0.25) is 4.79 Å². The van der Waals surface area contributed by atoms with Crippen molar-refractivity contribution in [2.75, 3.05) is 36.5 Å². The summed E-state index contributed by atoms with van der Waals surface area (Å²) >= 11 is 3.43. The summed E-state index contributed by atoms with van der Waals surface area (Å²) in [7, 11) is 0. The van der Waals surface area contributed by atoms with Crippen LogP contribution in [0.1, 0.15) is 16.1 Å². The monoisotopic (exact) mass is 440 g/mol. The van der Waals surface area contributed by atoms with E-state index in [1.807, 2.05) is 55.5 Å².